The van der Waals surface area contributed by atoms with Crippen molar-refractivity contribution in [2.75, 3.05) is 13.1 Å². The van der Waals surface area contributed by atoms with Crippen molar-refractivity contribution in [2.45, 2.75) is 33.1 Å². The van der Waals surface area contributed by atoms with Crippen LogP contribution in [-0.2, 0) is 17.6 Å². The Kier molecular flexibility index (Phi) is 5.38. The van der Waals surface area contributed by atoms with E-state index in [1.54, 1.807) is 18.5 Å². The third-order valence-corrected chi connectivity index (χ3v) is 5.42. The van der Waals surface area contributed by atoms with Crippen LogP contribution in [0.3, 0.4) is 0 Å². The summed E-state index contributed by atoms with van der Waals surface area (Å²) in [7, 11) is 0. The molecule has 1 amide bonds. The molecular formula is C22H23FN4O2. The highest BCUT2D eigenvalue weighted by molar-refractivity contribution is 5.79. The summed E-state index contributed by atoms with van der Waals surface area (Å²) in [6, 6.07) is 8.09. The van der Waals surface area contributed by atoms with E-state index in [1.807, 2.05) is 24.8 Å². The molecule has 0 N–H and O–H groups in total. The Bertz CT molecular complexity index is 996. The molecule has 1 aromatic carbocycles. The van der Waals surface area contributed by atoms with Crippen LogP contribution in [0.25, 0.3) is 11.3 Å². The molecule has 3 heterocycles. The van der Waals surface area contributed by atoms with Gasteiger partial charge in [-0.2, -0.15) is 0 Å². The molecule has 7 heteroatoms. The zero-order valence-electron chi connectivity index (χ0n) is 16.6. The number of hydrogen-bond acceptors (Lipinski definition) is 5. The molecule has 150 valence electrons. The van der Waals surface area contributed by atoms with E-state index >= 15 is 0 Å². The fourth-order valence-electron chi connectivity index (χ4n) is 3.90. The summed E-state index contributed by atoms with van der Waals surface area (Å²) in [5, 5.41) is 3.99. The van der Waals surface area contributed by atoms with E-state index in [1.165, 1.54) is 12.1 Å². The van der Waals surface area contributed by atoms with Gasteiger partial charge in [0.25, 0.3) is 0 Å². The van der Waals surface area contributed by atoms with Gasteiger partial charge in [0.2, 0.25) is 5.91 Å². The monoisotopic (exact) mass is 394 g/mol. The van der Waals surface area contributed by atoms with Crippen molar-refractivity contribution in [1.29, 1.82) is 0 Å². The van der Waals surface area contributed by atoms with Gasteiger partial charge in [0.1, 0.15) is 17.9 Å². The van der Waals surface area contributed by atoms with Crippen LogP contribution in [-0.4, -0.2) is 39.0 Å². The van der Waals surface area contributed by atoms with Gasteiger partial charge in [-0.15, -0.1) is 0 Å². The van der Waals surface area contributed by atoms with Gasteiger partial charge in [0, 0.05) is 18.8 Å². The van der Waals surface area contributed by atoms with Gasteiger partial charge >= 0.3 is 0 Å². The summed E-state index contributed by atoms with van der Waals surface area (Å²) in [6.45, 7) is 5.23. The minimum atomic E-state index is -0.289. The maximum atomic E-state index is 13.0. The molecule has 1 aliphatic heterocycles. The SMILES string of the molecule is Cc1noc(C)c1-c1cc(C[C@H]2CCN(C(=O)Cc3ccc(F)cc3)C2)ncn1. The van der Waals surface area contributed by atoms with Crippen LogP contribution in [0.2, 0.25) is 0 Å². The molecule has 2 aromatic heterocycles. The van der Waals surface area contributed by atoms with Gasteiger partial charge in [0.15, 0.2) is 0 Å². The largest absolute Gasteiger partial charge is 0.361 e. The summed E-state index contributed by atoms with van der Waals surface area (Å²) >= 11 is 0. The average molecular weight is 394 g/mol. The lowest BCUT2D eigenvalue weighted by Gasteiger charge is -2.16. The van der Waals surface area contributed by atoms with Crippen molar-refractivity contribution in [2.24, 2.45) is 5.92 Å². The van der Waals surface area contributed by atoms with E-state index in [0.717, 1.165) is 53.4 Å². The van der Waals surface area contributed by atoms with Crippen LogP contribution in [0.15, 0.2) is 41.2 Å². The number of amides is 1. The molecule has 1 fully saturated rings. The standard InChI is InChI=1S/C22H23FN4O2/c1-14-22(15(2)29-26-14)20-11-19(24-13-25-20)9-17-7-8-27(12-17)21(28)10-16-3-5-18(23)6-4-16/h3-6,11,13,17H,7-10,12H2,1-2H3/t17-/m1/s1. The summed E-state index contributed by atoms with van der Waals surface area (Å²) in [6.07, 6.45) is 3.61. The second-order valence-corrected chi connectivity index (χ2v) is 7.60. The molecule has 1 aliphatic rings. The number of rotatable bonds is 5. The molecular weight excluding hydrogens is 371 g/mol. The molecule has 29 heavy (non-hydrogen) atoms. The van der Waals surface area contributed by atoms with E-state index in [4.69, 9.17) is 4.52 Å². The molecule has 0 unspecified atom stereocenters. The lowest BCUT2D eigenvalue weighted by atomic mass is 10.0. The zero-order valence-corrected chi connectivity index (χ0v) is 16.6. The van der Waals surface area contributed by atoms with E-state index in [0.29, 0.717) is 18.9 Å². The Balaban J connectivity index is 1.38. The van der Waals surface area contributed by atoms with Gasteiger partial charge < -0.3 is 9.42 Å². The van der Waals surface area contributed by atoms with Gasteiger partial charge in [-0.1, -0.05) is 17.3 Å². The third kappa shape index (κ3) is 4.34. The predicted molar refractivity (Wildman–Crippen MR) is 105 cm³/mol. The van der Waals surface area contributed by atoms with Crippen LogP contribution < -0.4 is 0 Å². The predicted octanol–water partition coefficient (Wildman–Crippen LogP) is 3.52. The lowest BCUT2D eigenvalue weighted by Crippen LogP contribution is -2.30. The number of carbonyl (C=O) groups is 1. The van der Waals surface area contributed by atoms with Crippen LogP contribution in [0.5, 0.6) is 0 Å². The number of likely N-dealkylation sites (tertiary alicyclic amines) is 1. The average Bonchev–Trinajstić information content (AvgIpc) is 3.30. The minimum absolute atomic E-state index is 0.0817. The van der Waals surface area contributed by atoms with Crippen molar-refractivity contribution in [3.05, 3.63) is 65.2 Å². The Hall–Kier alpha value is -3.09. The van der Waals surface area contributed by atoms with E-state index in [-0.39, 0.29) is 11.7 Å². The molecule has 0 saturated carbocycles. The fourth-order valence-corrected chi connectivity index (χ4v) is 3.90. The Morgan fingerprint density at radius 1 is 1.24 bits per heavy atom. The van der Waals surface area contributed by atoms with E-state index < -0.39 is 0 Å². The topological polar surface area (TPSA) is 72.1 Å². The highest BCUT2D eigenvalue weighted by Crippen LogP contribution is 2.27. The molecule has 0 spiro atoms. The van der Waals surface area contributed by atoms with E-state index in [9.17, 15) is 9.18 Å². The molecule has 3 aromatic rings. The first-order valence-corrected chi connectivity index (χ1v) is 9.76. The lowest BCUT2D eigenvalue weighted by molar-refractivity contribution is -0.129. The van der Waals surface area contributed by atoms with Crippen molar-refractivity contribution in [1.82, 2.24) is 20.0 Å². The van der Waals surface area contributed by atoms with Crippen LogP contribution in [0, 0.1) is 25.6 Å². The summed E-state index contributed by atoms with van der Waals surface area (Å²) in [5.41, 5.74) is 4.32. The Morgan fingerprint density at radius 3 is 2.76 bits per heavy atom. The number of nitrogens with zero attached hydrogens (tertiary/aromatic N) is 4. The maximum absolute atomic E-state index is 13.0. The Labute approximate surface area is 168 Å². The fraction of sp³-hybridized carbons (Fsp3) is 0.364. The summed E-state index contributed by atoms with van der Waals surface area (Å²) in [5.74, 6) is 0.895. The quantitative estimate of drug-likeness (QED) is 0.662. The van der Waals surface area contributed by atoms with Gasteiger partial charge in [-0.25, -0.2) is 14.4 Å². The molecule has 1 atom stereocenters. The van der Waals surface area contributed by atoms with E-state index in [2.05, 4.69) is 15.1 Å². The maximum Gasteiger partial charge on any atom is 0.226 e. The second kappa shape index (κ2) is 8.11. The molecule has 0 aliphatic carbocycles. The van der Waals surface area contributed by atoms with Gasteiger partial charge in [-0.3, -0.25) is 4.79 Å². The third-order valence-electron chi connectivity index (χ3n) is 5.42. The van der Waals surface area contributed by atoms with Gasteiger partial charge in [-0.05, 0) is 56.4 Å². The molecule has 1 saturated heterocycles. The minimum Gasteiger partial charge on any atom is -0.361 e. The molecule has 6 nitrogen and oxygen atoms in total. The van der Waals surface area contributed by atoms with Gasteiger partial charge in [0.05, 0.1) is 23.4 Å². The second-order valence-electron chi connectivity index (χ2n) is 7.60. The van der Waals surface area contributed by atoms with Crippen LogP contribution >= 0.6 is 0 Å². The number of hydrogen-bond donors (Lipinski definition) is 0. The normalized spacial score (nSPS) is 16.4. The zero-order chi connectivity index (χ0) is 20.4. The smallest absolute Gasteiger partial charge is 0.226 e. The van der Waals surface area contributed by atoms with Crippen molar-refractivity contribution in [3.63, 3.8) is 0 Å². The number of aromatic nitrogens is 3. The number of benzene rings is 1. The Morgan fingerprint density at radius 2 is 2.03 bits per heavy atom. The van der Waals surface area contributed by atoms with Crippen molar-refractivity contribution < 1.29 is 13.7 Å². The van der Waals surface area contributed by atoms with Crippen molar-refractivity contribution >= 4 is 5.91 Å². The van der Waals surface area contributed by atoms with Crippen LogP contribution in [0.4, 0.5) is 4.39 Å². The summed E-state index contributed by atoms with van der Waals surface area (Å²) < 4.78 is 18.3. The molecule has 0 radical (unpaired) electrons. The molecule has 4 rings (SSSR count). The molecule has 0 bridgehead atoms. The number of aryl methyl sites for hydroxylation is 2. The highest BCUT2D eigenvalue weighted by atomic mass is 19.1. The highest BCUT2D eigenvalue weighted by Gasteiger charge is 2.27. The first kappa shape index (κ1) is 19.2. The first-order chi connectivity index (χ1) is 14.0. The number of halogens is 1. The summed E-state index contributed by atoms with van der Waals surface area (Å²) in [4.78, 5) is 23.3. The van der Waals surface area contributed by atoms with Crippen LogP contribution in [0.1, 0.15) is 29.1 Å². The van der Waals surface area contributed by atoms with Crippen molar-refractivity contribution in [3.8, 4) is 11.3 Å². The first-order valence-electron chi connectivity index (χ1n) is 9.76. The number of carbonyl (C=O) groups excluding carboxylic acids is 1.